The molecule has 36 heavy (non-hydrogen) atoms. The third-order valence-corrected chi connectivity index (χ3v) is 5.77. The molecule has 12 heteroatoms. The second kappa shape index (κ2) is 10.3. The molecule has 1 aliphatic rings. The first-order valence-electron chi connectivity index (χ1n) is 10.8. The fourth-order valence-electron chi connectivity index (χ4n) is 3.92. The molecular weight excluding hydrogens is 479 g/mol. The number of nitrogens with zero attached hydrogens (tertiary/aromatic N) is 4. The highest BCUT2D eigenvalue weighted by Crippen LogP contribution is 2.29. The van der Waals surface area contributed by atoms with Gasteiger partial charge in [0.25, 0.3) is 6.47 Å². The van der Waals surface area contributed by atoms with E-state index in [2.05, 4.69) is 25.0 Å². The minimum absolute atomic E-state index is 0.0802. The molecule has 1 aliphatic heterocycles. The molecule has 5 rings (SSSR count). The first-order chi connectivity index (χ1) is 17.3. The zero-order valence-electron chi connectivity index (χ0n) is 19.0. The van der Waals surface area contributed by atoms with Crippen LogP contribution in [-0.2, 0) is 16.8 Å². The van der Waals surface area contributed by atoms with E-state index < -0.39 is 18.0 Å². The standard InChI is InChI=1S/C23H20F3N5O2.CH2O2/c1-13-18(6-14-4-2-3-5-19(14)33-22(25)26)31-10-16(17(24)7-20(31)30-13)15-8-28-21(29-9-15)23(32)11-27-12-23;2-1-3/h2-5,7-10,22,27,32H,6,11-12H2,1H3;1H,(H,2,3). The number of ether oxygens (including phenoxy) is 1. The monoisotopic (exact) mass is 501 g/mol. The topological polar surface area (TPSA) is 122 Å². The summed E-state index contributed by atoms with van der Waals surface area (Å²) in [6, 6.07) is 7.85. The SMILES string of the molecule is Cc1nc2cc(F)c(-c3cnc(C4(O)CNC4)nc3)cn2c1Cc1ccccc1OC(F)F.O=CO. The van der Waals surface area contributed by atoms with E-state index in [0.717, 1.165) is 0 Å². The van der Waals surface area contributed by atoms with Crippen molar-refractivity contribution < 1.29 is 32.9 Å². The lowest BCUT2D eigenvalue weighted by Crippen LogP contribution is -2.57. The Morgan fingerprint density at radius 1 is 1.25 bits per heavy atom. The molecule has 0 amide bonds. The molecule has 1 fully saturated rings. The zero-order valence-corrected chi connectivity index (χ0v) is 19.0. The average molecular weight is 501 g/mol. The Labute approximate surface area is 203 Å². The smallest absolute Gasteiger partial charge is 0.387 e. The van der Waals surface area contributed by atoms with Gasteiger partial charge in [-0.25, -0.2) is 19.3 Å². The van der Waals surface area contributed by atoms with Crippen LogP contribution in [0.5, 0.6) is 5.75 Å². The van der Waals surface area contributed by atoms with Crippen LogP contribution < -0.4 is 10.1 Å². The fourth-order valence-corrected chi connectivity index (χ4v) is 3.92. The summed E-state index contributed by atoms with van der Waals surface area (Å²) in [6.07, 6.45) is 4.79. The number of hydrogen-bond acceptors (Lipinski definition) is 7. The molecule has 188 valence electrons. The Morgan fingerprint density at radius 2 is 1.92 bits per heavy atom. The summed E-state index contributed by atoms with van der Waals surface area (Å²) in [5.41, 5.74) is 1.89. The van der Waals surface area contributed by atoms with E-state index in [-0.39, 0.29) is 30.0 Å². The van der Waals surface area contributed by atoms with Crippen LogP contribution in [0.15, 0.2) is 48.9 Å². The second-order valence-electron chi connectivity index (χ2n) is 8.11. The molecule has 0 aliphatic carbocycles. The number of aliphatic hydroxyl groups is 1. The maximum Gasteiger partial charge on any atom is 0.387 e. The molecule has 4 heterocycles. The maximum absolute atomic E-state index is 14.9. The van der Waals surface area contributed by atoms with Gasteiger partial charge >= 0.3 is 6.61 Å². The predicted molar refractivity (Wildman–Crippen MR) is 122 cm³/mol. The number of hydrogen-bond donors (Lipinski definition) is 3. The fraction of sp³-hybridized carbons (Fsp3) is 0.250. The summed E-state index contributed by atoms with van der Waals surface area (Å²) in [5, 5.41) is 20.2. The first-order valence-corrected chi connectivity index (χ1v) is 10.8. The minimum atomic E-state index is -2.94. The van der Waals surface area contributed by atoms with Crippen LogP contribution in [0.2, 0.25) is 0 Å². The molecule has 4 aromatic rings. The van der Waals surface area contributed by atoms with E-state index >= 15 is 0 Å². The van der Waals surface area contributed by atoms with Gasteiger partial charge in [-0.1, -0.05) is 18.2 Å². The van der Waals surface area contributed by atoms with Crippen LogP contribution in [0, 0.1) is 12.7 Å². The quantitative estimate of drug-likeness (QED) is 0.345. The Morgan fingerprint density at radius 3 is 2.53 bits per heavy atom. The lowest BCUT2D eigenvalue weighted by molar-refractivity contribution is -0.122. The van der Waals surface area contributed by atoms with E-state index in [1.54, 1.807) is 35.7 Å². The van der Waals surface area contributed by atoms with E-state index in [1.165, 1.54) is 24.5 Å². The number of β-amino-alcohol motifs (C(OH)–C–C–N with tert-alkyl or cyclic N) is 1. The molecule has 0 saturated carbocycles. The number of carbonyl (C=O) groups is 1. The molecular formula is C24H22F3N5O4. The van der Waals surface area contributed by atoms with Crippen molar-refractivity contribution in [2.45, 2.75) is 25.6 Å². The number of alkyl halides is 2. The van der Waals surface area contributed by atoms with Crippen molar-refractivity contribution in [1.82, 2.24) is 24.7 Å². The van der Waals surface area contributed by atoms with E-state index in [0.29, 0.717) is 41.3 Å². The summed E-state index contributed by atoms with van der Waals surface area (Å²) >= 11 is 0. The molecule has 0 unspecified atom stereocenters. The third kappa shape index (κ3) is 4.99. The van der Waals surface area contributed by atoms with Gasteiger partial charge in [0.1, 0.15) is 22.8 Å². The van der Waals surface area contributed by atoms with Crippen molar-refractivity contribution in [3.05, 3.63) is 77.5 Å². The van der Waals surface area contributed by atoms with E-state index in [9.17, 15) is 18.3 Å². The number of aromatic nitrogens is 4. The van der Waals surface area contributed by atoms with Crippen molar-refractivity contribution in [2.75, 3.05) is 13.1 Å². The van der Waals surface area contributed by atoms with Gasteiger partial charge in [0.2, 0.25) is 0 Å². The van der Waals surface area contributed by atoms with Crippen LogP contribution in [0.3, 0.4) is 0 Å². The van der Waals surface area contributed by atoms with Gasteiger partial charge in [0.15, 0.2) is 5.82 Å². The Balaban J connectivity index is 0.000000967. The first kappa shape index (κ1) is 25.1. The van der Waals surface area contributed by atoms with Crippen LogP contribution in [-0.4, -0.2) is 55.7 Å². The molecule has 3 N–H and O–H groups in total. The predicted octanol–water partition coefficient (Wildman–Crippen LogP) is 2.92. The summed E-state index contributed by atoms with van der Waals surface area (Å²) < 4.78 is 46.9. The number of nitrogens with one attached hydrogen (secondary N) is 1. The van der Waals surface area contributed by atoms with Crippen molar-refractivity contribution >= 4 is 12.1 Å². The third-order valence-electron chi connectivity index (χ3n) is 5.77. The summed E-state index contributed by atoms with van der Waals surface area (Å²) in [6.45, 7) is -0.684. The Hall–Kier alpha value is -4.03. The van der Waals surface area contributed by atoms with Crippen molar-refractivity contribution in [1.29, 1.82) is 0 Å². The lowest BCUT2D eigenvalue weighted by Gasteiger charge is -2.35. The second-order valence-corrected chi connectivity index (χ2v) is 8.11. The van der Waals surface area contributed by atoms with E-state index in [4.69, 9.17) is 9.90 Å². The summed E-state index contributed by atoms with van der Waals surface area (Å²) in [4.78, 5) is 21.2. The highest BCUT2D eigenvalue weighted by molar-refractivity contribution is 5.64. The molecule has 1 aromatic carbocycles. The number of fused-ring (bicyclic) bond motifs is 1. The molecule has 0 bridgehead atoms. The van der Waals surface area contributed by atoms with Gasteiger partial charge in [0, 0.05) is 66.6 Å². The van der Waals surface area contributed by atoms with Gasteiger partial charge in [-0.05, 0) is 13.0 Å². The van der Waals surface area contributed by atoms with Gasteiger partial charge in [-0.3, -0.25) is 4.79 Å². The maximum atomic E-state index is 14.9. The molecule has 0 spiro atoms. The van der Waals surface area contributed by atoms with Gasteiger partial charge in [-0.15, -0.1) is 0 Å². The van der Waals surface area contributed by atoms with Crippen molar-refractivity contribution in [3.8, 4) is 16.9 Å². The largest absolute Gasteiger partial charge is 0.483 e. The highest BCUT2D eigenvalue weighted by Gasteiger charge is 2.39. The van der Waals surface area contributed by atoms with Crippen LogP contribution in [0.4, 0.5) is 13.2 Å². The Kier molecular flexibility index (Phi) is 7.17. The van der Waals surface area contributed by atoms with Gasteiger partial charge in [0.05, 0.1) is 5.69 Å². The summed E-state index contributed by atoms with van der Waals surface area (Å²) in [5.74, 6) is -0.140. The zero-order chi connectivity index (χ0) is 25.9. The summed E-state index contributed by atoms with van der Waals surface area (Å²) in [7, 11) is 0. The number of aryl methyl sites for hydroxylation is 1. The number of para-hydroxylation sites is 1. The average Bonchev–Trinajstić information content (AvgIpc) is 3.12. The van der Waals surface area contributed by atoms with Gasteiger partial charge < -0.3 is 24.7 Å². The lowest BCUT2D eigenvalue weighted by atomic mass is 9.96. The number of halogens is 3. The van der Waals surface area contributed by atoms with E-state index in [1.807, 2.05) is 0 Å². The molecule has 1 saturated heterocycles. The number of benzene rings is 1. The number of rotatable bonds is 6. The van der Waals surface area contributed by atoms with Crippen molar-refractivity contribution in [3.63, 3.8) is 0 Å². The molecule has 9 nitrogen and oxygen atoms in total. The van der Waals surface area contributed by atoms with Crippen LogP contribution >= 0.6 is 0 Å². The minimum Gasteiger partial charge on any atom is -0.483 e. The number of carboxylic acid groups (broad SMARTS) is 1. The molecule has 3 aromatic heterocycles. The highest BCUT2D eigenvalue weighted by atomic mass is 19.3. The van der Waals surface area contributed by atoms with Gasteiger partial charge in [-0.2, -0.15) is 8.78 Å². The molecule has 0 radical (unpaired) electrons. The Bertz CT molecular complexity index is 1370. The number of pyridine rings is 1. The van der Waals surface area contributed by atoms with Crippen molar-refractivity contribution in [2.24, 2.45) is 0 Å². The normalized spacial score (nSPS) is 14.2. The molecule has 0 atom stereocenters. The van der Waals surface area contributed by atoms with Crippen LogP contribution in [0.1, 0.15) is 22.8 Å². The number of imidazole rings is 1. The van der Waals surface area contributed by atoms with Crippen LogP contribution in [0.25, 0.3) is 16.8 Å².